The molecule has 0 aliphatic carbocycles. The van der Waals surface area contributed by atoms with Gasteiger partial charge in [-0.3, -0.25) is 14.2 Å². The number of carbonyl (C=O) groups excluding carboxylic acids is 2. The Morgan fingerprint density at radius 1 is 1.21 bits per heavy atom. The van der Waals surface area contributed by atoms with Crippen LogP contribution in [-0.4, -0.2) is 28.0 Å². The predicted molar refractivity (Wildman–Crippen MR) is 70.2 cm³/mol. The number of anilines is 1. The van der Waals surface area contributed by atoms with Gasteiger partial charge in [-0.2, -0.15) is 0 Å². The number of phenolic OH excluding ortho intramolecular Hbond substituents is 1. The van der Waals surface area contributed by atoms with E-state index < -0.39 is 0 Å². The molecule has 1 aromatic carbocycles. The summed E-state index contributed by atoms with van der Waals surface area (Å²) in [5.74, 6) is -0.487. The van der Waals surface area contributed by atoms with Crippen molar-refractivity contribution in [3.8, 4) is 5.75 Å². The van der Waals surface area contributed by atoms with Crippen molar-refractivity contribution in [2.24, 2.45) is 5.73 Å². The molecule has 19 heavy (non-hydrogen) atoms. The van der Waals surface area contributed by atoms with Crippen LogP contribution in [0, 0.1) is 0 Å². The van der Waals surface area contributed by atoms with Crippen LogP contribution >= 0.6 is 0 Å². The van der Waals surface area contributed by atoms with Crippen LogP contribution in [0.2, 0.25) is 0 Å². The summed E-state index contributed by atoms with van der Waals surface area (Å²) in [5.41, 5.74) is 6.15. The molecule has 0 aliphatic rings. The molecule has 0 bridgehead atoms. The zero-order valence-electron chi connectivity index (χ0n) is 10.0. The van der Waals surface area contributed by atoms with Crippen molar-refractivity contribution in [1.29, 1.82) is 0 Å². The van der Waals surface area contributed by atoms with Gasteiger partial charge < -0.3 is 16.2 Å². The molecule has 1 heterocycles. The lowest BCUT2D eigenvalue weighted by atomic mass is 10.2. The number of carbonyl (C=O) groups is 2. The van der Waals surface area contributed by atoms with Gasteiger partial charge in [-0.1, -0.05) is 0 Å². The van der Waals surface area contributed by atoms with Crippen molar-refractivity contribution in [3.63, 3.8) is 0 Å². The smallest absolute Gasteiger partial charge is 0.255 e. The number of rotatable bonds is 3. The number of hydrogen-bond acceptors (Lipinski definition) is 4. The molecule has 0 fully saturated rings. The van der Waals surface area contributed by atoms with E-state index >= 15 is 0 Å². The quantitative estimate of drug-likeness (QED) is 0.767. The molecule has 2 rings (SSSR count). The van der Waals surface area contributed by atoms with Gasteiger partial charge in [0, 0.05) is 18.0 Å². The molecular formula is C13H13N3O3. The van der Waals surface area contributed by atoms with Gasteiger partial charge in [-0.05, 0) is 30.3 Å². The second-order valence-corrected chi connectivity index (χ2v) is 3.91. The van der Waals surface area contributed by atoms with Crippen LogP contribution in [-0.2, 0) is 0 Å². The van der Waals surface area contributed by atoms with E-state index in [0.29, 0.717) is 11.3 Å². The van der Waals surface area contributed by atoms with Gasteiger partial charge in [0.15, 0.2) is 0 Å². The van der Waals surface area contributed by atoms with Gasteiger partial charge >= 0.3 is 0 Å². The highest BCUT2D eigenvalue weighted by atomic mass is 16.3. The number of aromatic hydroxyl groups is 1. The highest BCUT2D eigenvalue weighted by molar-refractivity contribution is 6.04. The largest absolute Gasteiger partial charge is 0.508 e. The van der Waals surface area contributed by atoms with Crippen molar-refractivity contribution in [2.45, 2.75) is 0 Å². The minimum Gasteiger partial charge on any atom is -0.508 e. The Hall–Kier alpha value is -2.60. The number of nitrogens with zero attached hydrogens (tertiary/aromatic N) is 1. The Morgan fingerprint density at radius 3 is 2.53 bits per heavy atom. The monoisotopic (exact) mass is 259 g/mol. The summed E-state index contributed by atoms with van der Waals surface area (Å²) in [6.07, 6.45) is 3.02. The molecule has 0 radical (unpaired) electrons. The summed E-state index contributed by atoms with van der Waals surface area (Å²) < 4.78 is 1.31. The van der Waals surface area contributed by atoms with Gasteiger partial charge in [0.1, 0.15) is 5.75 Å². The Balaban J connectivity index is 2.08. The molecule has 0 unspecified atom stereocenters. The molecule has 0 saturated heterocycles. The first-order chi connectivity index (χ1) is 9.10. The summed E-state index contributed by atoms with van der Waals surface area (Å²) in [6.45, 7) is -0.0972. The molecule has 6 nitrogen and oxygen atoms in total. The molecular weight excluding hydrogens is 246 g/mol. The first-order valence-corrected chi connectivity index (χ1v) is 5.62. The molecule has 2 aromatic rings. The minimum absolute atomic E-state index is 0.0937. The third-order valence-corrected chi connectivity index (χ3v) is 2.54. The summed E-state index contributed by atoms with van der Waals surface area (Å²) >= 11 is 0. The van der Waals surface area contributed by atoms with Gasteiger partial charge in [0.25, 0.3) is 5.91 Å². The van der Waals surface area contributed by atoms with E-state index in [9.17, 15) is 9.59 Å². The fraction of sp³-hybridized carbons (Fsp3) is 0.0769. The third kappa shape index (κ3) is 2.99. The Bertz CT molecular complexity index is 602. The fourth-order valence-electron chi connectivity index (χ4n) is 1.55. The summed E-state index contributed by atoms with van der Waals surface area (Å²) in [7, 11) is 0. The molecule has 0 spiro atoms. The predicted octanol–water partition coefficient (Wildman–Crippen LogP) is 1.04. The highest BCUT2D eigenvalue weighted by Crippen LogP contribution is 2.13. The number of aromatic nitrogens is 1. The normalized spacial score (nSPS) is 10.2. The lowest BCUT2D eigenvalue weighted by molar-refractivity contribution is 0.0923. The van der Waals surface area contributed by atoms with Crippen LogP contribution in [0.3, 0.4) is 0 Å². The van der Waals surface area contributed by atoms with Gasteiger partial charge in [0.05, 0.1) is 12.2 Å². The van der Waals surface area contributed by atoms with Crippen molar-refractivity contribution in [1.82, 2.24) is 4.57 Å². The maximum Gasteiger partial charge on any atom is 0.255 e. The summed E-state index contributed by atoms with van der Waals surface area (Å²) in [5, 5.41) is 11.8. The van der Waals surface area contributed by atoms with Crippen molar-refractivity contribution >= 4 is 17.5 Å². The van der Waals surface area contributed by atoms with Gasteiger partial charge in [-0.15, -0.1) is 0 Å². The van der Waals surface area contributed by atoms with Gasteiger partial charge in [0.2, 0.25) is 5.91 Å². The Labute approximate surface area is 109 Å². The molecule has 1 amide bonds. The maximum absolute atomic E-state index is 11.9. The Kier molecular flexibility index (Phi) is 3.63. The van der Waals surface area contributed by atoms with Crippen LogP contribution < -0.4 is 11.1 Å². The average molecular weight is 259 g/mol. The summed E-state index contributed by atoms with van der Waals surface area (Å²) in [6, 6.07) is 7.47. The maximum atomic E-state index is 11.9. The molecule has 0 aliphatic heterocycles. The van der Waals surface area contributed by atoms with E-state index in [0.717, 1.165) is 0 Å². The minimum atomic E-state index is -0.321. The molecule has 0 saturated carbocycles. The van der Waals surface area contributed by atoms with E-state index in [2.05, 4.69) is 5.32 Å². The number of benzene rings is 1. The van der Waals surface area contributed by atoms with E-state index in [4.69, 9.17) is 10.8 Å². The summed E-state index contributed by atoms with van der Waals surface area (Å²) in [4.78, 5) is 23.2. The first kappa shape index (κ1) is 12.8. The van der Waals surface area contributed by atoms with Gasteiger partial charge in [-0.25, -0.2) is 0 Å². The Morgan fingerprint density at radius 2 is 1.89 bits per heavy atom. The number of amides is 1. The van der Waals surface area contributed by atoms with Crippen molar-refractivity contribution in [3.05, 3.63) is 48.3 Å². The number of phenols is 1. The van der Waals surface area contributed by atoms with Crippen LogP contribution in [0.5, 0.6) is 5.75 Å². The third-order valence-electron chi connectivity index (χ3n) is 2.54. The standard InChI is InChI=1S/C13H13N3O3/c14-7-12(18)16-6-5-10(8-16)15-13(19)9-1-3-11(17)4-2-9/h1-6,8,17H,7,14H2,(H,15,19). The number of hydrogen-bond donors (Lipinski definition) is 3. The highest BCUT2D eigenvalue weighted by Gasteiger charge is 2.08. The first-order valence-electron chi connectivity index (χ1n) is 5.62. The van der Waals surface area contributed by atoms with E-state index in [-0.39, 0.29) is 24.1 Å². The topological polar surface area (TPSA) is 97.4 Å². The molecule has 4 N–H and O–H groups in total. The molecule has 1 aromatic heterocycles. The molecule has 6 heteroatoms. The van der Waals surface area contributed by atoms with E-state index in [1.54, 1.807) is 6.07 Å². The van der Waals surface area contributed by atoms with Crippen LogP contribution in [0.15, 0.2) is 42.7 Å². The van der Waals surface area contributed by atoms with E-state index in [1.165, 1.54) is 41.2 Å². The second-order valence-electron chi connectivity index (χ2n) is 3.91. The van der Waals surface area contributed by atoms with Crippen LogP contribution in [0.4, 0.5) is 5.69 Å². The number of nitrogens with two attached hydrogens (primary N) is 1. The molecule has 98 valence electrons. The molecule has 0 atom stereocenters. The lowest BCUT2D eigenvalue weighted by Crippen LogP contribution is -2.19. The lowest BCUT2D eigenvalue weighted by Gasteiger charge is -2.03. The fourth-order valence-corrected chi connectivity index (χ4v) is 1.55. The van der Waals surface area contributed by atoms with Crippen LogP contribution in [0.1, 0.15) is 15.2 Å². The second kappa shape index (κ2) is 5.36. The van der Waals surface area contributed by atoms with Crippen molar-refractivity contribution < 1.29 is 14.7 Å². The van der Waals surface area contributed by atoms with E-state index in [1.807, 2.05) is 0 Å². The van der Waals surface area contributed by atoms with Crippen molar-refractivity contribution in [2.75, 3.05) is 11.9 Å². The number of nitrogens with one attached hydrogen (secondary N) is 1. The zero-order chi connectivity index (χ0) is 13.8. The zero-order valence-corrected chi connectivity index (χ0v) is 10.0. The average Bonchev–Trinajstić information content (AvgIpc) is 2.87. The van der Waals surface area contributed by atoms with Crippen LogP contribution in [0.25, 0.3) is 0 Å². The SMILES string of the molecule is NCC(=O)n1ccc(NC(=O)c2ccc(O)cc2)c1.